The van der Waals surface area contributed by atoms with Gasteiger partial charge in [0.15, 0.2) is 0 Å². The summed E-state index contributed by atoms with van der Waals surface area (Å²) in [5, 5.41) is 0. The highest BCUT2D eigenvalue weighted by Gasteiger charge is 2.25. The van der Waals surface area contributed by atoms with Crippen LogP contribution in [-0.4, -0.2) is 30.9 Å². The highest BCUT2D eigenvalue weighted by Crippen LogP contribution is 2.28. The number of nitrogens with zero attached hydrogens (tertiary/aromatic N) is 1. The molecule has 3 nitrogen and oxygen atoms in total. The zero-order valence-corrected chi connectivity index (χ0v) is 15.3. The van der Waals surface area contributed by atoms with E-state index in [4.69, 9.17) is 5.73 Å². The molecule has 1 aromatic rings. The third kappa shape index (κ3) is 6.37. The van der Waals surface area contributed by atoms with E-state index >= 15 is 0 Å². The van der Waals surface area contributed by atoms with Crippen LogP contribution in [0.3, 0.4) is 0 Å². The van der Waals surface area contributed by atoms with Crippen LogP contribution >= 0.6 is 12.4 Å². The minimum Gasteiger partial charge on any atom is -0.345 e. The van der Waals surface area contributed by atoms with Gasteiger partial charge < -0.3 is 10.6 Å². The average molecular weight is 327 g/mol. The van der Waals surface area contributed by atoms with Crippen molar-refractivity contribution in [3.8, 4) is 0 Å². The van der Waals surface area contributed by atoms with E-state index in [1.807, 2.05) is 30.1 Å². The molecular formula is C18H31ClN2O. The van der Waals surface area contributed by atoms with E-state index in [9.17, 15) is 4.79 Å². The predicted octanol–water partition coefficient (Wildman–Crippen LogP) is 3.68. The molecule has 126 valence electrons. The highest BCUT2D eigenvalue weighted by molar-refractivity contribution is 5.85. The van der Waals surface area contributed by atoms with Crippen molar-refractivity contribution in [2.24, 2.45) is 17.1 Å². The maximum atomic E-state index is 12.5. The Bertz CT molecular complexity index is 446. The smallest absolute Gasteiger partial charge is 0.222 e. The monoisotopic (exact) mass is 326 g/mol. The van der Waals surface area contributed by atoms with Crippen molar-refractivity contribution in [2.45, 2.75) is 40.0 Å². The molecule has 0 aromatic heterocycles. The fourth-order valence-electron chi connectivity index (χ4n) is 2.58. The normalized spacial score (nSPS) is 12.7. The van der Waals surface area contributed by atoms with Gasteiger partial charge in [-0.15, -0.1) is 12.4 Å². The molecule has 0 heterocycles. The van der Waals surface area contributed by atoms with Crippen LogP contribution < -0.4 is 5.73 Å². The van der Waals surface area contributed by atoms with Crippen molar-refractivity contribution in [3.05, 3.63) is 35.9 Å². The van der Waals surface area contributed by atoms with E-state index in [1.165, 1.54) is 5.56 Å². The molecule has 0 fully saturated rings. The van der Waals surface area contributed by atoms with Crippen molar-refractivity contribution < 1.29 is 4.79 Å². The lowest BCUT2D eigenvalue weighted by Crippen LogP contribution is -2.40. The molecule has 1 atom stereocenters. The first kappa shape index (κ1) is 20.9. The van der Waals surface area contributed by atoms with Gasteiger partial charge in [-0.3, -0.25) is 4.79 Å². The Labute approximate surface area is 141 Å². The molecule has 0 bridgehead atoms. The minimum atomic E-state index is -0.0372. The van der Waals surface area contributed by atoms with Crippen molar-refractivity contribution in [1.82, 2.24) is 4.90 Å². The molecule has 0 radical (unpaired) electrons. The SMILES string of the molecule is CC(C)C(CC(=O)N(C)CC(C)(C)CN)c1ccccc1.Cl. The molecule has 0 aliphatic rings. The molecule has 1 unspecified atom stereocenters. The van der Waals surface area contributed by atoms with Crippen molar-refractivity contribution in [1.29, 1.82) is 0 Å². The van der Waals surface area contributed by atoms with Crippen LogP contribution in [0, 0.1) is 11.3 Å². The molecule has 0 aliphatic heterocycles. The number of nitrogens with two attached hydrogens (primary N) is 1. The first-order valence-corrected chi connectivity index (χ1v) is 7.76. The number of carbonyl (C=O) groups excluding carboxylic acids is 1. The van der Waals surface area contributed by atoms with E-state index in [-0.39, 0.29) is 29.6 Å². The number of rotatable bonds is 7. The molecule has 0 saturated heterocycles. The second-order valence-electron chi connectivity index (χ2n) is 7.08. The summed E-state index contributed by atoms with van der Waals surface area (Å²) in [4.78, 5) is 14.3. The maximum absolute atomic E-state index is 12.5. The fraction of sp³-hybridized carbons (Fsp3) is 0.611. The van der Waals surface area contributed by atoms with Gasteiger partial charge in [-0.2, -0.15) is 0 Å². The van der Waals surface area contributed by atoms with Gasteiger partial charge in [0.2, 0.25) is 5.91 Å². The van der Waals surface area contributed by atoms with Crippen LogP contribution in [0.2, 0.25) is 0 Å². The summed E-state index contributed by atoms with van der Waals surface area (Å²) in [7, 11) is 1.88. The zero-order chi connectivity index (χ0) is 16.0. The van der Waals surface area contributed by atoms with Crippen LogP contribution in [0.4, 0.5) is 0 Å². The number of benzene rings is 1. The van der Waals surface area contributed by atoms with Crippen LogP contribution in [0.25, 0.3) is 0 Å². The number of halogens is 1. The third-order valence-corrected chi connectivity index (χ3v) is 4.07. The summed E-state index contributed by atoms with van der Waals surface area (Å²) < 4.78 is 0. The summed E-state index contributed by atoms with van der Waals surface area (Å²) in [6, 6.07) is 10.3. The van der Waals surface area contributed by atoms with Crippen LogP contribution in [0.15, 0.2) is 30.3 Å². The van der Waals surface area contributed by atoms with Crippen molar-refractivity contribution in [2.75, 3.05) is 20.1 Å². The van der Waals surface area contributed by atoms with E-state index in [0.29, 0.717) is 25.4 Å². The molecule has 4 heteroatoms. The molecule has 1 aromatic carbocycles. The third-order valence-electron chi connectivity index (χ3n) is 4.07. The van der Waals surface area contributed by atoms with Crippen molar-refractivity contribution >= 4 is 18.3 Å². The summed E-state index contributed by atoms with van der Waals surface area (Å²) in [6.07, 6.45) is 0.554. The first-order valence-electron chi connectivity index (χ1n) is 7.76. The van der Waals surface area contributed by atoms with Gasteiger partial charge in [0.05, 0.1) is 0 Å². The Hall–Kier alpha value is -1.06. The summed E-state index contributed by atoms with van der Waals surface area (Å²) >= 11 is 0. The molecular weight excluding hydrogens is 296 g/mol. The molecule has 22 heavy (non-hydrogen) atoms. The predicted molar refractivity (Wildman–Crippen MR) is 96.4 cm³/mol. The van der Waals surface area contributed by atoms with E-state index < -0.39 is 0 Å². The number of amides is 1. The topological polar surface area (TPSA) is 46.3 Å². The zero-order valence-electron chi connectivity index (χ0n) is 14.5. The van der Waals surface area contributed by atoms with Crippen molar-refractivity contribution in [3.63, 3.8) is 0 Å². The fourth-order valence-corrected chi connectivity index (χ4v) is 2.58. The number of carbonyl (C=O) groups is 1. The Morgan fingerprint density at radius 2 is 1.77 bits per heavy atom. The molecule has 1 rings (SSSR count). The van der Waals surface area contributed by atoms with Gasteiger partial charge in [0, 0.05) is 20.0 Å². The number of hydrogen-bond donors (Lipinski definition) is 1. The van der Waals surface area contributed by atoms with Gasteiger partial charge in [0.1, 0.15) is 0 Å². The van der Waals surface area contributed by atoms with E-state index in [1.54, 1.807) is 0 Å². The lowest BCUT2D eigenvalue weighted by molar-refractivity contribution is -0.131. The maximum Gasteiger partial charge on any atom is 0.222 e. The lowest BCUT2D eigenvalue weighted by Gasteiger charge is -2.31. The summed E-state index contributed by atoms with van der Waals surface area (Å²) in [5.74, 6) is 0.897. The lowest BCUT2D eigenvalue weighted by atomic mass is 9.85. The van der Waals surface area contributed by atoms with Gasteiger partial charge >= 0.3 is 0 Å². The summed E-state index contributed by atoms with van der Waals surface area (Å²) in [6.45, 7) is 9.81. The molecule has 2 N–H and O–H groups in total. The number of hydrogen-bond acceptors (Lipinski definition) is 2. The van der Waals surface area contributed by atoms with Crippen LogP contribution in [-0.2, 0) is 4.79 Å². The Kier molecular flexibility index (Phi) is 8.72. The highest BCUT2D eigenvalue weighted by atomic mass is 35.5. The van der Waals surface area contributed by atoms with Crippen LogP contribution in [0.1, 0.15) is 45.6 Å². The first-order chi connectivity index (χ1) is 9.76. The second-order valence-corrected chi connectivity index (χ2v) is 7.08. The van der Waals surface area contributed by atoms with Gasteiger partial charge in [-0.25, -0.2) is 0 Å². The molecule has 0 aliphatic carbocycles. The second kappa shape index (κ2) is 9.16. The van der Waals surface area contributed by atoms with E-state index in [0.717, 1.165) is 0 Å². The average Bonchev–Trinajstić information content (AvgIpc) is 2.44. The molecule has 0 spiro atoms. The van der Waals surface area contributed by atoms with Crippen LogP contribution in [0.5, 0.6) is 0 Å². The van der Waals surface area contributed by atoms with Gasteiger partial charge in [-0.1, -0.05) is 58.0 Å². The Morgan fingerprint density at radius 1 is 1.23 bits per heavy atom. The van der Waals surface area contributed by atoms with Gasteiger partial charge in [-0.05, 0) is 29.4 Å². The van der Waals surface area contributed by atoms with Gasteiger partial charge in [0.25, 0.3) is 0 Å². The molecule has 1 amide bonds. The van der Waals surface area contributed by atoms with E-state index in [2.05, 4.69) is 39.8 Å². The minimum absolute atomic E-state index is 0. The summed E-state index contributed by atoms with van der Waals surface area (Å²) in [5.41, 5.74) is 6.96. The largest absolute Gasteiger partial charge is 0.345 e. The quantitative estimate of drug-likeness (QED) is 0.830. The Morgan fingerprint density at radius 3 is 2.23 bits per heavy atom. The standard InChI is InChI=1S/C18H30N2O.ClH/c1-14(2)16(15-9-7-6-8-10-15)11-17(21)20(5)13-18(3,4)12-19;/h6-10,14,16H,11-13,19H2,1-5H3;1H. The molecule has 0 saturated carbocycles. The Balaban J connectivity index is 0.00000441.